The van der Waals surface area contributed by atoms with Crippen LogP contribution in [0, 0.1) is 11.3 Å². The molecule has 0 aliphatic heterocycles. The number of carbonyl (C=O) groups is 1. The van der Waals surface area contributed by atoms with E-state index in [-0.39, 0.29) is 11.3 Å². The maximum Gasteiger partial charge on any atom is 0.387 e. The third kappa shape index (κ3) is 6.36. The van der Waals surface area contributed by atoms with Crippen LogP contribution < -0.4 is 14.8 Å². The quantitative estimate of drug-likeness (QED) is 0.570. The van der Waals surface area contributed by atoms with Crippen LogP contribution in [0.4, 0.5) is 23.2 Å². The van der Waals surface area contributed by atoms with E-state index in [0.717, 1.165) is 18.2 Å². The van der Waals surface area contributed by atoms with Crippen LogP contribution in [0.2, 0.25) is 0 Å². The zero-order valence-electron chi connectivity index (χ0n) is 13.5. The normalized spacial score (nSPS) is 10.9. The number of nitriles is 1. The van der Waals surface area contributed by atoms with Gasteiger partial charge in [0.15, 0.2) is 0 Å². The van der Waals surface area contributed by atoms with Crippen LogP contribution in [0.5, 0.6) is 11.5 Å². The van der Waals surface area contributed by atoms with E-state index in [1.54, 1.807) is 0 Å². The average molecular weight is 380 g/mol. The van der Waals surface area contributed by atoms with E-state index in [1.807, 2.05) is 6.07 Å². The Balaban J connectivity index is 2.13. The molecule has 0 unspecified atom stereocenters. The van der Waals surface area contributed by atoms with Crippen molar-refractivity contribution in [2.75, 3.05) is 5.32 Å². The average Bonchev–Trinajstić information content (AvgIpc) is 2.60. The lowest BCUT2D eigenvalue weighted by Crippen LogP contribution is -2.08. The van der Waals surface area contributed by atoms with Gasteiger partial charge in [0.2, 0.25) is 5.91 Å². The number of halogens is 4. The second-order valence-corrected chi connectivity index (χ2v) is 4.97. The minimum atomic E-state index is -3.19. The molecule has 0 heterocycles. The highest BCUT2D eigenvalue weighted by atomic mass is 19.3. The van der Waals surface area contributed by atoms with Crippen LogP contribution >= 0.6 is 0 Å². The number of alkyl halides is 4. The van der Waals surface area contributed by atoms with Crippen molar-refractivity contribution in [3.63, 3.8) is 0 Å². The molecule has 0 aliphatic rings. The highest BCUT2D eigenvalue weighted by Crippen LogP contribution is 2.28. The number of amides is 1. The lowest BCUT2D eigenvalue weighted by Gasteiger charge is -2.11. The highest BCUT2D eigenvalue weighted by Gasteiger charge is 2.12. The largest absolute Gasteiger partial charge is 0.435 e. The van der Waals surface area contributed by atoms with Crippen LogP contribution in [0.1, 0.15) is 11.1 Å². The molecular formula is C18H12F4N2O3. The lowest BCUT2D eigenvalue weighted by molar-refractivity contribution is -0.111. The fraction of sp³-hybridized carbons (Fsp3) is 0.111. The van der Waals surface area contributed by atoms with Crippen molar-refractivity contribution in [2.24, 2.45) is 0 Å². The molecule has 0 saturated heterocycles. The fourth-order valence-electron chi connectivity index (χ4n) is 2.00. The first kappa shape index (κ1) is 19.8. The molecule has 2 aromatic carbocycles. The number of carbonyl (C=O) groups excluding carboxylic acids is 1. The number of nitrogens with zero attached hydrogens (tertiary/aromatic N) is 1. The smallest absolute Gasteiger partial charge is 0.387 e. The SMILES string of the molecule is N#Cc1ccc(NC(=O)/C=C/c2ccc(OC(F)F)cc2OC(F)F)cc1. The highest BCUT2D eigenvalue weighted by molar-refractivity contribution is 6.02. The van der Waals surface area contributed by atoms with E-state index in [0.29, 0.717) is 11.3 Å². The van der Waals surface area contributed by atoms with Gasteiger partial charge in [-0.15, -0.1) is 0 Å². The molecule has 0 aromatic heterocycles. The number of hydrogen-bond donors (Lipinski definition) is 1. The van der Waals surface area contributed by atoms with Gasteiger partial charge in [0.05, 0.1) is 11.6 Å². The maximum atomic E-state index is 12.5. The third-order valence-electron chi connectivity index (χ3n) is 3.12. The van der Waals surface area contributed by atoms with Crippen LogP contribution in [-0.4, -0.2) is 19.1 Å². The summed E-state index contributed by atoms with van der Waals surface area (Å²) in [6.45, 7) is -6.31. The van der Waals surface area contributed by atoms with Crippen molar-refractivity contribution in [3.8, 4) is 17.6 Å². The van der Waals surface area contributed by atoms with E-state index >= 15 is 0 Å². The van der Waals surface area contributed by atoms with Gasteiger partial charge < -0.3 is 14.8 Å². The number of hydrogen-bond acceptors (Lipinski definition) is 4. The molecule has 0 saturated carbocycles. The Kier molecular flexibility index (Phi) is 6.77. The molecular weight excluding hydrogens is 368 g/mol. The molecule has 1 amide bonds. The van der Waals surface area contributed by atoms with Gasteiger partial charge in [0.1, 0.15) is 11.5 Å². The Morgan fingerprint density at radius 3 is 2.30 bits per heavy atom. The van der Waals surface area contributed by atoms with Crippen molar-refractivity contribution in [3.05, 3.63) is 59.7 Å². The van der Waals surface area contributed by atoms with Crippen LogP contribution in [0.3, 0.4) is 0 Å². The molecule has 0 atom stereocenters. The fourth-order valence-corrected chi connectivity index (χ4v) is 2.00. The number of ether oxygens (including phenoxy) is 2. The van der Waals surface area contributed by atoms with Crippen LogP contribution in [-0.2, 0) is 4.79 Å². The number of nitrogens with one attached hydrogen (secondary N) is 1. The maximum absolute atomic E-state index is 12.5. The molecule has 2 aromatic rings. The number of anilines is 1. The van der Waals surface area contributed by atoms with E-state index < -0.39 is 24.9 Å². The molecule has 1 N–H and O–H groups in total. The summed E-state index contributed by atoms with van der Waals surface area (Å²) in [6.07, 6.45) is 2.24. The predicted molar refractivity (Wildman–Crippen MR) is 88.5 cm³/mol. The zero-order chi connectivity index (χ0) is 19.8. The summed E-state index contributed by atoms with van der Waals surface area (Å²) in [5.74, 6) is -1.36. The third-order valence-corrected chi connectivity index (χ3v) is 3.12. The lowest BCUT2D eigenvalue weighted by atomic mass is 10.1. The Morgan fingerprint density at radius 2 is 1.70 bits per heavy atom. The summed E-state index contributed by atoms with van der Waals surface area (Å²) in [4.78, 5) is 11.9. The second-order valence-electron chi connectivity index (χ2n) is 4.97. The Hall–Kier alpha value is -3.54. The molecule has 5 nitrogen and oxygen atoms in total. The van der Waals surface area contributed by atoms with Gasteiger partial charge >= 0.3 is 13.2 Å². The Bertz CT molecular complexity index is 862. The first-order chi connectivity index (χ1) is 12.9. The van der Waals surface area contributed by atoms with E-state index in [4.69, 9.17) is 5.26 Å². The molecule has 0 bridgehead atoms. The Morgan fingerprint density at radius 1 is 1.04 bits per heavy atom. The predicted octanol–water partition coefficient (Wildman–Crippen LogP) is 4.41. The van der Waals surface area contributed by atoms with Gasteiger partial charge in [-0.3, -0.25) is 4.79 Å². The number of rotatable bonds is 7. The summed E-state index contributed by atoms with van der Waals surface area (Å²) in [6, 6.07) is 11.2. The summed E-state index contributed by atoms with van der Waals surface area (Å²) in [5.41, 5.74) is 0.906. The summed E-state index contributed by atoms with van der Waals surface area (Å²) in [5, 5.41) is 11.2. The van der Waals surface area contributed by atoms with Gasteiger partial charge in [0.25, 0.3) is 0 Å². The van der Waals surface area contributed by atoms with E-state index in [2.05, 4.69) is 14.8 Å². The van der Waals surface area contributed by atoms with Gasteiger partial charge in [-0.25, -0.2) is 0 Å². The van der Waals surface area contributed by atoms with Gasteiger partial charge in [-0.05, 0) is 42.5 Å². The minimum absolute atomic E-state index is 0.0619. The summed E-state index contributed by atoms with van der Waals surface area (Å²) in [7, 11) is 0. The first-order valence-corrected chi connectivity index (χ1v) is 7.40. The molecule has 9 heteroatoms. The van der Waals surface area contributed by atoms with Crippen molar-refractivity contribution < 1.29 is 31.8 Å². The van der Waals surface area contributed by atoms with E-state index in [9.17, 15) is 22.4 Å². The van der Waals surface area contributed by atoms with Crippen LogP contribution in [0.15, 0.2) is 48.5 Å². The molecule has 2 rings (SSSR count). The molecule has 0 aliphatic carbocycles. The molecule has 0 radical (unpaired) electrons. The summed E-state index contributed by atoms with van der Waals surface area (Å²) >= 11 is 0. The Labute approximate surface area is 151 Å². The van der Waals surface area contributed by atoms with Crippen molar-refractivity contribution >= 4 is 17.7 Å². The number of benzene rings is 2. The van der Waals surface area contributed by atoms with Crippen molar-refractivity contribution in [2.45, 2.75) is 13.2 Å². The van der Waals surface area contributed by atoms with Crippen molar-refractivity contribution in [1.82, 2.24) is 0 Å². The summed E-state index contributed by atoms with van der Waals surface area (Å²) < 4.78 is 57.9. The first-order valence-electron chi connectivity index (χ1n) is 7.40. The van der Waals surface area contributed by atoms with E-state index in [1.165, 1.54) is 36.4 Å². The zero-order valence-corrected chi connectivity index (χ0v) is 13.5. The van der Waals surface area contributed by atoms with Gasteiger partial charge in [0, 0.05) is 23.4 Å². The second kappa shape index (κ2) is 9.24. The molecule has 0 spiro atoms. The van der Waals surface area contributed by atoms with Crippen LogP contribution in [0.25, 0.3) is 6.08 Å². The topological polar surface area (TPSA) is 71.4 Å². The van der Waals surface area contributed by atoms with Gasteiger partial charge in [-0.1, -0.05) is 0 Å². The molecule has 140 valence electrons. The van der Waals surface area contributed by atoms with Crippen molar-refractivity contribution in [1.29, 1.82) is 5.26 Å². The minimum Gasteiger partial charge on any atom is -0.435 e. The monoisotopic (exact) mass is 380 g/mol. The standard InChI is InChI=1S/C18H12F4N2O3/c19-17(20)26-14-7-3-12(15(9-14)27-18(21)22)4-8-16(25)24-13-5-1-11(10-23)2-6-13/h1-9,17-18H,(H,24,25)/b8-4+. The molecule has 0 fully saturated rings. The van der Waals surface area contributed by atoms with Gasteiger partial charge in [-0.2, -0.15) is 22.8 Å². The molecule has 27 heavy (non-hydrogen) atoms.